The highest BCUT2D eigenvalue weighted by atomic mass is 35.5. The van der Waals surface area contributed by atoms with Crippen LogP contribution in [0.15, 0.2) is 48.5 Å². The molecule has 0 aliphatic heterocycles. The summed E-state index contributed by atoms with van der Waals surface area (Å²) >= 11 is 6.04. The van der Waals surface area contributed by atoms with Gasteiger partial charge in [-0.1, -0.05) is 23.7 Å². The summed E-state index contributed by atoms with van der Waals surface area (Å²) in [6.07, 6.45) is 0.846. The average molecular weight is 399 g/mol. The Labute approximate surface area is 169 Å². The molecule has 0 radical (unpaired) electrons. The molecule has 0 unspecified atom stereocenters. The van der Waals surface area contributed by atoms with E-state index in [1.54, 1.807) is 14.2 Å². The SMILES string of the molecule is COc1ccc(Nc2nc(C)cc(NCCc3cccc(Cl)c3)n2)c(OC)c1. The van der Waals surface area contributed by atoms with Crippen LogP contribution in [0, 0.1) is 6.92 Å². The van der Waals surface area contributed by atoms with Crippen molar-refractivity contribution in [1.29, 1.82) is 0 Å². The number of anilines is 3. The number of rotatable bonds is 8. The fourth-order valence-corrected chi connectivity index (χ4v) is 2.98. The summed E-state index contributed by atoms with van der Waals surface area (Å²) < 4.78 is 10.7. The topological polar surface area (TPSA) is 68.3 Å². The molecule has 7 heteroatoms. The van der Waals surface area contributed by atoms with Gasteiger partial charge in [0, 0.05) is 29.4 Å². The van der Waals surface area contributed by atoms with Crippen molar-refractivity contribution < 1.29 is 9.47 Å². The summed E-state index contributed by atoms with van der Waals surface area (Å²) in [6.45, 7) is 2.67. The number of aromatic nitrogens is 2. The second kappa shape index (κ2) is 9.28. The number of ether oxygens (including phenoxy) is 2. The van der Waals surface area contributed by atoms with Crippen LogP contribution >= 0.6 is 11.6 Å². The monoisotopic (exact) mass is 398 g/mol. The Bertz CT molecular complexity index is 949. The zero-order valence-corrected chi connectivity index (χ0v) is 16.9. The van der Waals surface area contributed by atoms with Gasteiger partial charge in [-0.3, -0.25) is 0 Å². The fraction of sp³-hybridized carbons (Fsp3) is 0.238. The van der Waals surface area contributed by atoms with Crippen LogP contribution in [0.25, 0.3) is 0 Å². The van der Waals surface area contributed by atoms with Gasteiger partial charge in [-0.2, -0.15) is 4.98 Å². The molecule has 2 aromatic carbocycles. The Morgan fingerprint density at radius 2 is 1.86 bits per heavy atom. The van der Waals surface area contributed by atoms with Gasteiger partial charge in [0.1, 0.15) is 17.3 Å². The summed E-state index contributed by atoms with van der Waals surface area (Å²) in [5.41, 5.74) is 2.79. The maximum absolute atomic E-state index is 6.04. The molecule has 6 nitrogen and oxygen atoms in total. The maximum atomic E-state index is 6.04. The number of aryl methyl sites for hydroxylation is 1. The molecule has 0 spiro atoms. The highest BCUT2D eigenvalue weighted by molar-refractivity contribution is 6.30. The molecule has 0 atom stereocenters. The minimum absolute atomic E-state index is 0.494. The molecule has 0 fully saturated rings. The molecular formula is C21H23ClN4O2. The molecule has 3 aromatic rings. The van der Waals surface area contributed by atoms with Crippen molar-refractivity contribution >= 4 is 29.1 Å². The summed E-state index contributed by atoms with van der Waals surface area (Å²) in [7, 11) is 3.23. The zero-order chi connectivity index (χ0) is 19.9. The van der Waals surface area contributed by atoms with Gasteiger partial charge in [-0.25, -0.2) is 4.98 Å². The first-order valence-corrected chi connectivity index (χ1v) is 9.28. The molecule has 0 saturated heterocycles. The van der Waals surface area contributed by atoms with E-state index in [9.17, 15) is 0 Å². The number of hydrogen-bond acceptors (Lipinski definition) is 6. The summed E-state index contributed by atoms with van der Waals surface area (Å²) in [5, 5.41) is 7.30. The van der Waals surface area contributed by atoms with E-state index in [1.165, 1.54) is 5.56 Å². The van der Waals surface area contributed by atoms with Gasteiger partial charge in [-0.05, 0) is 43.2 Å². The largest absolute Gasteiger partial charge is 0.497 e. The molecule has 0 saturated carbocycles. The Hall–Kier alpha value is -2.99. The minimum atomic E-state index is 0.494. The normalized spacial score (nSPS) is 10.4. The highest BCUT2D eigenvalue weighted by Crippen LogP contribution is 2.30. The van der Waals surface area contributed by atoms with Gasteiger partial charge in [0.25, 0.3) is 0 Å². The number of hydrogen-bond donors (Lipinski definition) is 2. The average Bonchev–Trinajstić information content (AvgIpc) is 2.68. The van der Waals surface area contributed by atoms with Crippen LogP contribution in [0.4, 0.5) is 17.5 Å². The molecule has 2 N–H and O–H groups in total. The Morgan fingerprint density at radius 1 is 1.00 bits per heavy atom. The van der Waals surface area contributed by atoms with Crippen molar-refractivity contribution in [1.82, 2.24) is 9.97 Å². The first kappa shape index (κ1) is 19.8. The van der Waals surface area contributed by atoms with Crippen LogP contribution in [-0.4, -0.2) is 30.7 Å². The lowest BCUT2D eigenvalue weighted by atomic mass is 10.1. The van der Waals surface area contributed by atoms with E-state index < -0.39 is 0 Å². The molecule has 1 aromatic heterocycles. The van der Waals surface area contributed by atoms with Crippen LogP contribution < -0.4 is 20.1 Å². The standard InChI is InChI=1S/C21H23ClN4O2/c1-14-11-20(23-10-9-15-5-4-6-16(22)12-15)26-21(24-14)25-18-8-7-17(27-2)13-19(18)28-3/h4-8,11-13H,9-10H2,1-3H3,(H2,23,24,25,26). The van der Waals surface area contributed by atoms with E-state index in [0.29, 0.717) is 11.7 Å². The van der Waals surface area contributed by atoms with Crippen LogP contribution in [0.2, 0.25) is 5.02 Å². The second-order valence-electron chi connectivity index (χ2n) is 6.22. The van der Waals surface area contributed by atoms with Crippen molar-refractivity contribution in [3.63, 3.8) is 0 Å². The third kappa shape index (κ3) is 5.27. The number of nitrogens with zero attached hydrogens (tertiary/aromatic N) is 2. The van der Waals surface area contributed by atoms with E-state index in [4.69, 9.17) is 21.1 Å². The Balaban J connectivity index is 1.69. The Morgan fingerprint density at radius 3 is 2.61 bits per heavy atom. The highest BCUT2D eigenvalue weighted by Gasteiger charge is 2.08. The van der Waals surface area contributed by atoms with Crippen molar-refractivity contribution in [3.8, 4) is 11.5 Å². The molecule has 1 heterocycles. The van der Waals surface area contributed by atoms with Crippen molar-refractivity contribution in [2.24, 2.45) is 0 Å². The van der Waals surface area contributed by atoms with Gasteiger partial charge in [0.15, 0.2) is 0 Å². The van der Waals surface area contributed by atoms with Gasteiger partial charge in [0.05, 0.1) is 19.9 Å². The molecule has 28 heavy (non-hydrogen) atoms. The van der Waals surface area contributed by atoms with E-state index in [1.807, 2.05) is 49.4 Å². The zero-order valence-electron chi connectivity index (χ0n) is 16.1. The molecule has 0 amide bonds. The smallest absolute Gasteiger partial charge is 0.229 e. The van der Waals surface area contributed by atoms with E-state index in [0.717, 1.165) is 40.9 Å². The summed E-state index contributed by atoms with van der Waals surface area (Å²) in [4.78, 5) is 9.01. The van der Waals surface area contributed by atoms with Crippen molar-refractivity contribution in [2.45, 2.75) is 13.3 Å². The first-order valence-electron chi connectivity index (χ1n) is 8.90. The third-order valence-corrected chi connectivity index (χ3v) is 4.35. The second-order valence-corrected chi connectivity index (χ2v) is 6.65. The van der Waals surface area contributed by atoms with E-state index >= 15 is 0 Å². The summed E-state index contributed by atoms with van der Waals surface area (Å²) in [6, 6.07) is 15.3. The molecule has 0 aliphatic carbocycles. The fourth-order valence-electron chi connectivity index (χ4n) is 2.76. The molecule has 3 rings (SSSR count). The van der Waals surface area contributed by atoms with Crippen molar-refractivity contribution in [2.75, 3.05) is 31.4 Å². The Kier molecular flexibility index (Phi) is 6.55. The maximum Gasteiger partial charge on any atom is 0.229 e. The van der Waals surface area contributed by atoms with Gasteiger partial charge < -0.3 is 20.1 Å². The minimum Gasteiger partial charge on any atom is -0.497 e. The van der Waals surface area contributed by atoms with Gasteiger partial charge >= 0.3 is 0 Å². The van der Waals surface area contributed by atoms with Crippen LogP contribution in [0.1, 0.15) is 11.3 Å². The predicted octanol–water partition coefficient (Wildman–Crippen LogP) is 4.85. The molecular weight excluding hydrogens is 376 g/mol. The quantitative estimate of drug-likeness (QED) is 0.565. The van der Waals surface area contributed by atoms with Crippen molar-refractivity contribution in [3.05, 3.63) is 64.8 Å². The third-order valence-electron chi connectivity index (χ3n) is 4.12. The lowest BCUT2D eigenvalue weighted by Gasteiger charge is -2.13. The number of benzene rings is 2. The number of halogens is 1. The lowest BCUT2D eigenvalue weighted by molar-refractivity contribution is 0.395. The summed E-state index contributed by atoms with van der Waals surface area (Å²) in [5.74, 6) is 2.62. The van der Waals surface area contributed by atoms with E-state index in [-0.39, 0.29) is 0 Å². The van der Waals surface area contributed by atoms with E-state index in [2.05, 4.69) is 26.7 Å². The van der Waals surface area contributed by atoms with Gasteiger partial charge in [0.2, 0.25) is 5.95 Å². The van der Waals surface area contributed by atoms with Crippen LogP contribution in [0.5, 0.6) is 11.5 Å². The van der Waals surface area contributed by atoms with Gasteiger partial charge in [-0.15, -0.1) is 0 Å². The lowest BCUT2D eigenvalue weighted by Crippen LogP contribution is -2.09. The molecule has 146 valence electrons. The van der Waals surface area contributed by atoms with Crippen LogP contribution in [-0.2, 0) is 6.42 Å². The number of nitrogens with one attached hydrogen (secondary N) is 2. The predicted molar refractivity (Wildman–Crippen MR) is 113 cm³/mol. The molecule has 0 bridgehead atoms. The first-order chi connectivity index (χ1) is 13.6. The van der Waals surface area contributed by atoms with Crippen LogP contribution in [0.3, 0.4) is 0 Å². The molecule has 0 aliphatic rings. The number of methoxy groups -OCH3 is 2.